The van der Waals surface area contributed by atoms with Crippen LogP contribution in [0.3, 0.4) is 0 Å². The van der Waals surface area contributed by atoms with Gasteiger partial charge in [0, 0.05) is 13.0 Å². The number of carboxylic acids is 1. The van der Waals surface area contributed by atoms with Gasteiger partial charge in [0.05, 0.1) is 11.8 Å². The van der Waals surface area contributed by atoms with Crippen LogP contribution >= 0.6 is 0 Å². The fraction of sp³-hybridized carbons (Fsp3) is 0.750. The highest BCUT2D eigenvalue weighted by molar-refractivity contribution is 5.80. The largest absolute Gasteiger partial charge is 0.512 e. The number of aliphatic hydroxyl groups excluding tert-OH is 2. The van der Waals surface area contributed by atoms with Crippen LogP contribution in [0.25, 0.3) is 0 Å². The van der Waals surface area contributed by atoms with Gasteiger partial charge in [-0.05, 0) is 12.8 Å². The quantitative estimate of drug-likeness (QED) is 0.306. The predicted octanol–water partition coefficient (Wildman–Crippen LogP) is 2.63. The summed E-state index contributed by atoms with van der Waals surface area (Å²) in [6, 6.07) is 0. The summed E-state index contributed by atoms with van der Waals surface area (Å²) < 4.78 is 0. The predicted molar refractivity (Wildman–Crippen MR) is 62.4 cm³/mol. The number of hydrogen-bond donors (Lipinski definition) is 3. The minimum absolute atomic E-state index is 0.0484. The van der Waals surface area contributed by atoms with Crippen LogP contribution in [0.1, 0.15) is 51.4 Å². The smallest absolute Gasteiger partial charge is 0.331 e. The van der Waals surface area contributed by atoms with Crippen molar-refractivity contribution < 1.29 is 20.1 Å². The lowest BCUT2D eigenvalue weighted by atomic mass is 10.1. The first-order valence-electron chi connectivity index (χ1n) is 5.90. The molecule has 0 saturated carbocycles. The highest BCUT2D eigenvalue weighted by Crippen LogP contribution is 2.10. The Balaban J connectivity index is 3.24. The van der Waals surface area contributed by atoms with E-state index in [9.17, 15) is 4.79 Å². The Morgan fingerprint density at radius 3 is 1.88 bits per heavy atom. The fourth-order valence-electron chi connectivity index (χ4n) is 1.52. The molecule has 0 aromatic heterocycles. The molecule has 0 fully saturated rings. The lowest BCUT2D eigenvalue weighted by molar-refractivity contribution is -0.131. The summed E-state index contributed by atoms with van der Waals surface area (Å²) in [6.07, 6.45) is 8.46. The maximum absolute atomic E-state index is 10.2. The van der Waals surface area contributed by atoms with E-state index >= 15 is 0 Å². The van der Waals surface area contributed by atoms with Crippen LogP contribution in [0.5, 0.6) is 0 Å². The van der Waals surface area contributed by atoms with E-state index in [4.69, 9.17) is 15.3 Å². The summed E-state index contributed by atoms with van der Waals surface area (Å²) in [5.74, 6) is -1.14. The van der Waals surface area contributed by atoms with Crippen molar-refractivity contribution in [1.82, 2.24) is 0 Å². The second kappa shape index (κ2) is 10.5. The number of rotatable bonds is 10. The van der Waals surface area contributed by atoms with Crippen molar-refractivity contribution in [2.45, 2.75) is 51.4 Å². The molecule has 4 heteroatoms. The molecule has 4 nitrogen and oxygen atoms in total. The third-order valence-electron chi connectivity index (χ3n) is 2.38. The van der Waals surface area contributed by atoms with Gasteiger partial charge in [-0.3, -0.25) is 0 Å². The van der Waals surface area contributed by atoms with Crippen LogP contribution < -0.4 is 0 Å². The molecule has 0 aliphatic heterocycles. The van der Waals surface area contributed by atoms with Crippen LogP contribution in [-0.2, 0) is 4.79 Å². The van der Waals surface area contributed by atoms with Gasteiger partial charge in [0.2, 0.25) is 0 Å². The lowest BCUT2D eigenvalue weighted by Crippen LogP contribution is -1.92. The summed E-state index contributed by atoms with van der Waals surface area (Å²) >= 11 is 0. The Kier molecular flexibility index (Phi) is 9.81. The van der Waals surface area contributed by atoms with E-state index in [0.717, 1.165) is 51.0 Å². The first-order valence-corrected chi connectivity index (χ1v) is 5.90. The second-order valence-electron chi connectivity index (χ2n) is 3.92. The van der Waals surface area contributed by atoms with Gasteiger partial charge in [-0.1, -0.05) is 32.1 Å². The van der Waals surface area contributed by atoms with E-state index in [1.165, 1.54) is 0 Å². The third kappa shape index (κ3) is 11.0. The number of aliphatic carboxylic acids is 1. The van der Waals surface area contributed by atoms with Gasteiger partial charge in [-0.2, -0.15) is 0 Å². The third-order valence-corrected chi connectivity index (χ3v) is 2.38. The van der Waals surface area contributed by atoms with Crippen molar-refractivity contribution in [1.29, 1.82) is 0 Å². The van der Waals surface area contributed by atoms with Crippen molar-refractivity contribution in [3.05, 3.63) is 11.8 Å². The number of carboxylic acid groups (broad SMARTS) is 1. The van der Waals surface area contributed by atoms with Gasteiger partial charge >= 0.3 is 5.97 Å². The maximum atomic E-state index is 10.2. The van der Waals surface area contributed by atoms with E-state index in [-0.39, 0.29) is 12.4 Å². The number of carbonyl (C=O) groups is 1. The fourth-order valence-corrected chi connectivity index (χ4v) is 1.52. The molecule has 0 bridgehead atoms. The standard InChI is InChI=1S/C12H22O4/c13-9-7-5-3-1-2-4-6-8-11(14)10-12(15)16/h10,13-14H,1-9H2,(H,15,16). The van der Waals surface area contributed by atoms with Crippen LogP contribution in [-0.4, -0.2) is 27.9 Å². The Morgan fingerprint density at radius 2 is 1.38 bits per heavy atom. The van der Waals surface area contributed by atoms with Crippen molar-refractivity contribution in [2.75, 3.05) is 6.61 Å². The van der Waals surface area contributed by atoms with E-state index < -0.39 is 5.97 Å². The summed E-state index contributed by atoms with van der Waals surface area (Å²) in [7, 11) is 0. The number of aliphatic hydroxyl groups is 2. The van der Waals surface area contributed by atoms with Gasteiger partial charge in [0.25, 0.3) is 0 Å². The van der Waals surface area contributed by atoms with Gasteiger partial charge in [0.1, 0.15) is 0 Å². The van der Waals surface area contributed by atoms with E-state index in [1.54, 1.807) is 0 Å². The van der Waals surface area contributed by atoms with Crippen molar-refractivity contribution in [3.8, 4) is 0 Å². The van der Waals surface area contributed by atoms with Crippen LogP contribution in [0.4, 0.5) is 0 Å². The van der Waals surface area contributed by atoms with Gasteiger partial charge in [-0.25, -0.2) is 4.79 Å². The lowest BCUT2D eigenvalue weighted by Gasteiger charge is -2.01. The SMILES string of the molecule is O=C(O)C=C(O)CCCCCCCCCO. The molecule has 0 spiro atoms. The molecule has 0 amide bonds. The molecule has 0 aromatic carbocycles. The second-order valence-corrected chi connectivity index (χ2v) is 3.92. The zero-order valence-corrected chi connectivity index (χ0v) is 9.69. The average Bonchev–Trinajstić information content (AvgIpc) is 2.21. The minimum Gasteiger partial charge on any atom is -0.512 e. The Hall–Kier alpha value is -1.03. The summed E-state index contributed by atoms with van der Waals surface area (Å²) in [5.41, 5.74) is 0. The van der Waals surface area contributed by atoms with Crippen LogP contribution in [0.15, 0.2) is 11.8 Å². The van der Waals surface area contributed by atoms with Crippen LogP contribution in [0, 0.1) is 0 Å². The molecule has 0 aliphatic rings. The highest BCUT2D eigenvalue weighted by atomic mass is 16.4. The van der Waals surface area contributed by atoms with Crippen molar-refractivity contribution in [2.24, 2.45) is 0 Å². The molecule has 0 heterocycles. The minimum atomic E-state index is -1.10. The molecule has 0 aromatic rings. The molecule has 0 atom stereocenters. The normalized spacial score (nSPS) is 11.7. The van der Waals surface area contributed by atoms with E-state index in [0.29, 0.717) is 6.42 Å². The van der Waals surface area contributed by atoms with E-state index in [2.05, 4.69) is 0 Å². The van der Waals surface area contributed by atoms with Crippen molar-refractivity contribution >= 4 is 5.97 Å². The van der Waals surface area contributed by atoms with Gasteiger partial charge in [0.15, 0.2) is 0 Å². The Bertz CT molecular complexity index is 211. The first kappa shape index (κ1) is 15.0. The summed E-state index contributed by atoms with van der Waals surface area (Å²) in [6.45, 7) is 0.272. The number of unbranched alkanes of at least 4 members (excludes halogenated alkanes) is 6. The Labute approximate surface area is 96.6 Å². The number of hydrogen-bond acceptors (Lipinski definition) is 3. The molecule has 0 aliphatic carbocycles. The summed E-state index contributed by atoms with van der Waals surface area (Å²) in [4.78, 5) is 10.2. The molecule has 0 saturated heterocycles. The molecule has 0 rings (SSSR count). The van der Waals surface area contributed by atoms with Gasteiger partial charge in [-0.15, -0.1) is 0 Å². The Morgan fingerprint density at radius 1 is 0.875 bits per heavy atom. The molecule has 16 heavy (non-hydrogen) atoms. The maximum Gasteiger partial charge on any atom is 0.331 e. The molecular weight excluding hydrogens is 208 g/mol. The topological polar surface area (TPSA) is 77.8 Å². The monoisotopic (exact) mass is 230 g/mol. The molecule has 0 unspecified atom stereocenters. The van der Waals surface area contributed by atoms with Crippen molar-refractivity contribution in [3.63, 3.8) is 0 Å². The molecule has 3 N–H and O–H groups in total. The highest BCUT2D eigenvalue weighted by Gasteiger charge is 1.97. The molecule has 94 valence electrons. The molecular formula is C12H22O4. The summed E-state index contributed by atoms with van der Waals surface area (Å²) in [5, 5.41) is 26.1. The number of allylic oxidation sites excluding steroid dienone is 1. The van der Waals surface area contributed by atoms with Crippen LogP contribution in [0.2, 0.25) is 0 Å². The zero-order valence-electron chi connectivity index (χ0n) is 9.69. The zero-order chi connectivity index (χ0) is 12.2. The molecule has 0 radical (unpaired) electrons. The average molecular weight is 230 g/mol. The van der Waals surface area contributed by atoms with E-state index in [1.807, 2.05) is 0 Å². The van der Waals surface area contributed by atoms with Gasteiger partial charge < -0.3 is 15.3 Å². The first-order chi connectivity index (χ1) is 7.66.